The molecular formula is C20H27N3O2. The molecule has 2 aliphatic rings. The quantitative estimate of drug-likeness (QED) is 0.798. The molecule has 2 aromatic rings. The van der Waals surface area contributed by atoms with E-state index in [1.54, 1.807) is 0 Å². The fraction of sp³-hybridized carbons (Fsp3) is 0.600. The first-order valence-electron chi connectivity index (χ1n) is 9.37. The second-order valence-corrected chi connectivity index (χ2v) is 8.25. The van der Waals surface area contributed by atoms with Crippen LogP contribution in [-0.4, -0.2) is 45.5 Å². The lowest BCUT2D eigenvalue weighted by Crippen LogP contribution is -2.54. The SMILES string of the molecule is CC(C)(C)c1nc(C(=O)N2CCOC3CCCCC32)c2ccccn12. The van der Waals surface area contributed by atoms with E-state index in [2.05, 4.69) is 25.2 Å². The summed E-state index contributed by atoms with van der Waals surface area (Å²) >= 11 is 0. The van der Waals surface area contributed by atoms with Gasteiger partial charge in [-0.05, 0) is 25.0 Å². The van der Waals surface area contributed by atoms with Crippen molar-refractivity contribution in [1.29, 1.82) is 0 Å². The zero-order valence-corrected chi connectivity index (χ0v) is 15.4. The summed E-state index contributed by atoms with van der Waals surface area (Å²) in [6.07, 6.45) is 6.67. The van der Waals surface area contributed by atoms with Crippen LogP contribution in [0.15, 0.2) is 24.4 Å². The van der Waals surface area contributed by atoms with Crippen LogP contribution in [0.2, 0.25) is 0 Å². The molecule has 2 atom stereocenters. The summed E-state index contributed by atoms with van der Waals surface area (Å²) in [5.41, 5.74) is 1.36. The lowest BCUT2D eigenvalue weighted by atomic mass is 9.90. The van der Waals surface area contributed by atoms with Crippen LogP contribution in [-0.2, 0) is 10.2 Å². The van der Waals surface area contributed by atoms with Gasteiger partial charge < -0.3 is 14.0 Å². The summed E-state index contributed by atoms with van der Waals surface area (Å²) in [4.78, 5) is 20.2. The highest BCUT2D eigenvalue weighted by molar-refractivity contribution is 5.99. The van der Waals surface area contributed by atoms with Crippen LogP contribution in [0, 0.1) is 0 Å². The van der Waals surface area contributed by atoms with Gasteiger partial charge in [0.25, 0.3) is 5.91 Å². The Labute approximate surface area is 149 Å². The molecule has 1 aliphatic heterocycles. The molecule has 2 fully saturated rings. The van der Waals surface area contributed by atoms with Gasteiger partial charge >= 0.3 is 0 Å². The van der Waals surface area contributed by atoms with Gasteiger partial charge in [0.15, 0.2) is 5.69 Å². The van der Waals surface area contributed by atoms with E-state index in [1.165, 1.54) is 12.8 Å². The van der Waals surface area contributed by atoms with E-state index in [-0.39, 0.29) is 23.5 Å². The molecule has 4 rings (SSSR count). The molecular weight excluding hydrogens is 314 g/mol. The maximum absolute atomic E-state index is 13.4. The van der Waals surface area contributed by atoms with Crippen LogP contribution in [0.3, 0.4) is 0 Å². The molecule has 2 unspecified atom stereocenters. The lowest BCUT2D eigenvalue weighted by molar-refractivity contribution is -0.0753. The number of morpholine rings is 1. The van der Waals surface area contributed by atoms with E-state index in [0.29, 0.717) is 18.8 Å². The third-order valence-electron chi connectivity index (χ3n) is 5.41. The molecule has 25 heavy (non-hydrogen) atoms. The standard InChI is InChI=1S/C20H27N3O2/c1-20(2,3)19-21-17(15-9-6-7-11-23(15)19)18(24)22-12-13-25-16-10-5-4-8-14(16)22/h6-7,9,11,14,16H,4-5,8,10,12-13H2,1-3H3. The Morgan fingerprint density at radius 2 is 2.04 bits per heavy atom. The minimum absolute atomic E-state index is 0.0550. The number of ether oxygens (including phenoxy) is 1. The third-order valence-corrected chi connectivity index (χ3v) is 5.41. The van der Waals surface area contributed by atoms with Gasteiger partial charge in [0.2, 0.25) is 0 Å². The maximum atomic E-state index is 13.4. The molecule has 0 spiro atoms. The second kappa shape index (κ2) is 6.13. The lowest BCUT2D eigenvalue weighted by Gasteiger charge is -2.43. The number of rotatable bonds is 1. The summed E-state index contributed by atoms with van der Waals surface area (Å²) < 4.78 is 7.99. The molecule has 0 N–H and O–H groups in total. The molecule has 1 saturated heterocycles. The third kappa shape index (κ3) is 2.84. The summed E-state index contributed by atoms with van der Waals surface area (Å²) in [6, 6.07) is 6.16. The van der Waals surface area contributed by atoms with Gasteiger partial charge in [-0.15, -0.1) is 0 Å². The van der Waals surface area contributed by atoms with Crippen molar-refractivity contribution in [3.05, 3.63) is 35.9 Å². The number of pyridine rings is 1. The molecule has 5 nitrogen and oxygen atoms in total. The van der Waals surface area contributed by atoms with Crippen molar-refractivity contribution in [2.45, 2.75) is 64.0 Å². The smallest absolute Gasteiger partial charge is 0.275 e. The molecule has 1 saturated carbocycles. The predicted molar refractivity (Wildman–Crippen MR) is 96.9 cm³/mol. The number of carbonyl (C=O) groups is 1. The fourth-order valence-corrected chi connectivity index (χ4v) is 4.21. The van der Waals surface area contributed by atoms with Gasteiger partial charge in [-0.3, -0.25) is 4.79 Å². The van der Waals surface area contributed by atoms with Gasteiger partial charge in [0.1, 0.15) is 5.82 Å². The highest BCUT2D eigenvalue weighted by Crippen LogP contribution is 2.31. The maximum Gasteiger partial charge on any atom is 0.275 e. The van der Waals surface area contributed by atoms with Gasteiger partial charge in [0, 0.05) is 18.2 Å². The van der Waals surface area contributed by atoms with E-state index in [0.717, 1.165) is 24.2 Å². The molecule has 0 aromatic carbocycles. The van der Waals surface area contributed by atoms with Gasteiger partial charge in [0.05, 0.1) is 24.3 Å². The van der Waals surface area contributed by atoms with Crippen molar-refractivity contribution in [3.63, 3.8) is 0 Å². The minimum Gasteiger partial charge on any atom is -0.374 e. The van der Waals surface area contributed by atoms with Crippen molar-refractivity contribution >= 4 is 11.4 Å². The molecule has 5 heteroatoms. The fourth-order valence-electron chi connectivity index (χ4n) is 4.21. The van der Waals surface area contributed by atoms with Gasteiger partial charge in [-0.25, -0.2) is 4.98 Å². The number of imidazole rings is 1. The summed E-state index contributed by atoms with van der Waals surface area (Å²) in [5.74, 6) is 0.985. The Bertz CT molecular complexity index is 788. The number of carbonyl (C=O) groups excluding carboxylic acids is 1. The first-order valence-corrected chi connectivity index (χ1v) is 9.37. The molecule has 1 amide bonds. The zero-order chi connectivity index (χ0) is 17.6. The van der Waals surface area contributed by atoms with Gasteiger partial charge in [-0.2, -0.15) is 0 Å². The van der Waals surface area contributed by atoms with Crippen LogP contribution in [0.4, 0.5) is 0 Å². The zero-order valence-electron chi connectivity index (χ0n) is 15.4. The first kappa shape index (κ1) is 16.6. The molecule has 0 bridgehead atoms. The molecule has 2 aromatic heterocycles. The average molecular weight is 341 g/mol. The van der Waals surface area contributed by atoms with Crippen molar-refractivity contribution in [1.82, 2.24) is 14.3 Å². The highest BCUT2D eigenvalue weighted by Gasteiger charge is 2.38. The van der Waals surface area contributed by atoms with E-state index in [4.69, 9.17) is 9.72 Å². The molecule has 3 heterocycles. The number of nitrogens with zero attached hydrogens (tertiary/aromatic N) is 3. The van der Waals surface area contributed by atoms with Crippen LogP contribution in [0.1, 0.15) is 62.8 Å². The predicted octanol–water partition coefficient (Wildman–Crippen LogP) is 3.42. The number of hydrogen-bond donors (Lipinski definition) is 0. The molecule has 1 aliphatic carbocycles. The largest absolute Gasteiger partial charge is 0.374 e. The van der Waals surface area contributed by atoms with Crippen LogP contribution in [0.5, 0.6) is 0 Å². The minimum atomic E-state index is -0.124. The van der Waals surface area contributed by atoms with Crippen LogP contribution < -0.4 is 0 Å². The molecule has 0 radical (unpaired) electrons. The summed E-state index contributed by atoms with van der Waals surface area (Å²) in [5, 5.41) is 0. The van der Waals surface area contributed by atoms with E-state index >= 15 is 0 Å². The highest BCUT2D eigenvalue weighted by atomic mass is 16.5. The van der Waals surface area contributed by atoms with Crippen molar-refractivity contribution in [2.24, 2.45) is 0 Å². The Morgan fingerprint density at radius 1 is 1.24 bits per heavy atom. The van der Waals surface area contributed by atoms with E-state index in [1.807, 2.05) is 29.3 Å². The number of amides is 1. The number of hydrogen-bond acceptors (Lipinski definition) is 3. The molecule has 134 valence electrons. The average Bonchev–Trinajstić information content (AvgIpc) is 3.01. The second-order valence-electron chi connectivity index (χ2n) is 8.25. The monoisotopic (exact) mass is 341 g/mol. The van der Waals surface area contributed by atoms with Crippen LogP contribution in [0.25, 0.3) is 5.52 Å². The number of fused-ring (bicyclic) bond motifs is 2. The summed E-state index contributed by atoms with van der Waals surface area (Å²) in [7, 11) is 0. The van der Waals surface area contributed by atoms with Crippen molar-refractivity contribution < 1.29 is 9.53 Å². The topological polar surface area (TPSA) is 46.8 Å². The summed E-state index contributed by atoms with van der Waals surface area (Å²) in [6.45, 7) is 7.69. The number of aromatic nitrogens is 2. The van der Waals surface area contributed by atoms with Crippen molar-refractivity contribution in [2.75, 3.05) is 13.2 Å². The Hall–Kier alpha value is -1.88. The van der Waals surface area contributed by atoms with Crippen LogP contribution >= 0.6 is 0 Å². The Morgan fingerprint density at radius 3 is 2.84 bits per heavy atom. The van der Waals surface area contributed by atoms with E-state index < -0.39 is 0 Å². The Kier molecular flexibility index (Phi) is 4.07. The van der Waals surface area contributed by atoms with Gasteiger partial charge in [-0.1, -0.05) is 39.7 Å². The normalized spacial score (nSPS) is 24.4. The van der Waals surface area contributed by atoms with Crippen molar-refractivity contribution in [3.8, 4) is 0 Å². The first-order chi connectivity index (χ1) is 12.0. The van der Waals surface area contributed by atoms with E-state index in [9.17, 15) is 4.79 Å². The Balaban J connectivity index is 1.75.